The number of rotatable bonds is 4. The normalized spacial score (nSPS) is 27.5. The first-order chi connectivity index (χ1) is 17.5. The molecule has 0 radical (unpaired) electrons. The second-order valence-corrected chi connectivity index (χ2v) is 10.3. The van der Waals surface area contributed by atoms with Gasteiger partial charge in [-0.25, -0.2) is 4.39 Å². The zero-order chi connectivity index (χ0) is 25.0. The van der Waals surface area contributed by atoms with Crippen molar-refractivity contribution in [2.45, 2.75) is 37.9 Å². The van der Waals surface area contributed by atoms with Gasteiger partial charge >= 0.3 is 0 Å². The molecule has 0 spiro atoms. The molecule has 2 amide bonds. The predicted molar refractivity (Wildman–Crippen MR) is 128 cm³/mol. The highest BCUT2D eigenvalue weighted by Gasteiger charge is 2.59. The average molecular weight is 496 g/mol. The number of benzene rings is 1. The fraction of sp³-hybridized carbons (Fsp3) is 0.519. The van der Waals surface area contributed by atoms with E-state index in [1.54, 1.807) is 44.7 Å². The standard InChI is InChI=1S/C27H30FN3O5/c28-20-7-2-1-6-17(20)18-8-9-21-24-23(27(35)29-10-12-36-13-11-29)19(15-32)22(14-30(21)26(18)34)31(24)25(33)16-4-3-5-16/h1-2,6-9,16,19,22-24,32H,3-5,10-15H2/t19-,22-,23+,24+/m0/s1. The van der Waals surface area contributed by atoms with Gasteiger partial charge in [0.15, 0.2) is 0 Å². The summed E-state index contributed by atoms with van der Waals surface area (Å²) in [5.74, 6) is -1.83. The molecule has 8 nitrogen and oxygen atoms in total. The van der Waals surface area contributed by atoms with Gasteiger partial charge in [0.05, 0.1) is 36.8 Å². The molecule has 2 bridgehead atoms. The van der Waals surface area contributed by atoms with Gasteiger partial charge in [-0.3, -0.25) is 14.4 Å². The Bertz CT molecular complexity index is 1250. The fourth-order valence-corrected chi connectivity index (χ4v) is 6.43. The van der Waals surface area contributed by atoms with Crippen LogP contribution in [0, 0.1) is 23.6 Å². The monoisotopic (exact) mass is 495 g/mol. The minimum absolute atomic E-state index is 0.00357. The lowest BCUT2D eigenvalue weighted by molar-refractivity contribution is -0.145. The third-order valence-corrected chi connectivity index (χ3v) is 8.52. The summed E-state index contributed by atoms with van der Waals surface area (Å²) in [6.07, 6.45) is 2.64. The molecule has 1 N–H and O–H groups in total. The SMILES string of the molecule is O=C([C@@H]1[C@@H](CO)[C@@H]2Cn3c(ccc(-c4ccccc4F)c3=O)[C@H]1N2C(=O)C1CCC1)N1CCOCC1. The topological polar surface area (TPSA) is 92.1 Å². The van der Waals surface area contributed by atoms with Gasteiger partial charge in [0.2, 0.25) is 11.8 Å². The molecule has 3 fully saturated rings. The number of halogens is 1. The number of hydrogen-bond donors (Lipinski definition) is 1. The molecule has 6 rings (SSSR count). The minimum Gasteiger partial charge on any atom is -0.396 e. The Morgan fingerprint density at radius 3 is 2.44 bits per heavy atom. The predicted octanol–water partition coefficient (Wildman–Crippen LogP) is 1.80. The number of hydrogen-bond acceptors (Lipinski definition) is 5. The van der Waals surface area contributed by atoms with Crippen LogP contribution in [0.1, 0.15) is 31.0 Å². The van der Waals surface area contributed by atoms with Gasteiger partial charge in [-0.15, -0.1) is 0 Å². The number of aliphatic hydroxyl groups excluding tert-OH is 1. The average Bonchev–Trinajstić information content (AvgIpc) is 3.10. The van der Waals surface area contributed by atoms with Gasteiger partial charge < -0.3 is 24.2 Å². The van der Waals surface area contributed by atoms with E-state index in [4.69, 9.17) is 4.74 Å². The summed E-state index contributed by atoms with van der Waals surface area (Å²) < 4.78 is 21.6. The maximum Gasteiger partial charge on any atom is 0.258 e. The quantitative estimate of drug-likeness (QED) is 0.699. The lowest BCUT2D eigenvalue weighted by Gasteiger charge is -2.42. The molecule has 1 aromatic heterocycles. The first-order valence-electron chi connectivity index (χ1n) is 12.8. The number of carbonyl (C=O) groups excluding carboxylic acids is 2. The maximum absolute atomic E-state index is 14.6. The number of fused-ring (bicyclic) bond motifs is 4. The molecule has 4 atom stereocenters. The Hall–Kier alpha value is -3.04. The Kier molecular flexibility index (Phi) is 5.92. The number of amides is 2. The van der Waals surface area contributed by atoms with Crippen molar-refractivity contribution in [3.05, 3.63) is 58.3 Å². The number of aliphatic hydroxyl groups is 1. The van der Waals surface area contributed by atoms with E-state index in [0.29, 0.717) is 32.0 Å². The van der Waals surface area contributed by atoms with E-state index in [1.165, 1.54) is 6.07 Å². The molecule has 1 aromatic carbocycles. The van der Waals surface area contributed by atoms with Crippen molar-refractivity contribution in [2.75, 3.05) is 32.9 Å². The van der Waals surface area contributed by atoms with E-state index in [9.17, 15) is 23.9 Å². The van der Waals surface area contributed by atoms with Gasteiger partial charge in [-0.05, 0) is 31.0 Å². The van der Waals surface area contributed by atoms with Crippen LogP contribution in [-0.4, -0.2) is 70.2 Å². The minimum atomic E-state index is -0.658. The van der Waals surface area contributed by atoms with Crippen LogP contribution in [0.15, 0.2) is 41.2 Å². The van der Waals surface area contributed by atoms with Crippen LogP contribution in [-0.2, 0) is 20.9 Å². The largest absolute Gasteiger partial charge is 0.396 e. The third kappa shape index (κ3) is 3.51. The molecule has 4 heterocycles. The van der Waals surface area contributed by atoms with E-state index in [2.05, 4.69) is 0 Å². The van der Waals surface area contributed by atoms with E-state index in [1.807, 2.05) is 0 Å². The molecular weight excluding hydrogens is 465 g/mol. The summed E-state index contributed by atoms with van der Waals surface area (Å²) in [6.45, 7) is 1.72. The molecule has 9 heteroatoms. The summed E-state index contributed by atoms with van der Waals surface area (Å²) in [5.41, 5.74) is 0.690. The molecule has 36 heavy (non-hydrogen) atoms. The Balaban J connectivity index is 1.47. The van der Waals surface area contributed by atoms with Crippen molar-refractivity contribution in [3.63, 3.8) is 0 Å². The van der Waals surface area contributed by atoms with Crippen LogP contribution < -0.4 is 5.56 Å². The summed E-state index contributed by atoms with van der Waals surface area (Å²) in [7, 11) is 0. The molecule has 4 aliphatic rings. The molecule has 1 saturated carbocycles. The van der Waals surface area contributed by atoms with E-state index in [-0.39, 0.29) is 47.6 Å². The van der Waals surface area contributed by atoms with Crippen LogP contribution >= 0.6 is 0 Å². The molecule has 2 saturated heterocycles. The van der Waals surface area contributed by atoms with Crippen molar-refractivity contribution in [1.82, 2.24) is 14.4 Å². The van der Waals surface area contributed by atoms with Gasteiger partial charge in [0.25, 0.3) is 5.56 Å². The first kappa shape index (κ1) is 23.4. The zero-order valence-corrected chi connectivity index (χ0v) is 20.0. The van der Waals surface area contributed by atoms with Crippen molar-refractivity contribution in [3.8, 4) is 11.1 Å². The summed E-state index contributed by atoms with van der Waals surface area (Å²) in [6, 6.07) is 8.38. The highest BCUT2D eigenvalue weighted by molar-refractivity contribution is 5.86. The first-order valence-corrected chi connectivity index (χ1v) is 12.8. The lowest BCUT2D eigenvalue weighted by Crippen LogP contribution is -2.52. The molecule has 2 aromatic rings. The van der Waals surface area contributed by atoms with Crippen LogP contribution in [0.3, 0.4) is 0 Å². The van der Waals surface area contributed by atoms with Gasteiger partial charge in [0, 0.05) is 49.3 Å². The molecular formula is C27H30FN3O5. The Morgan fingerprint density at radius 1 is 1.03 bits per heavy atom. The number of aromatic nitrogens is 1. The smallest absolute Gasteiger partial charge is 0.258 e. The number of pyridine rings is 1. The molecule has 1 aliphatic carbocycles. The lowest BCUT2D eigenvalue weighted by atomic mass is 9.83. The highest BCUT2D eigenvalue weighted by Crippen LogP contribution is 2.50. The van der Waals surface area contributed by atoms with E-state index in [0.717, 1.165) is 19.3 Å². The van der Waals surface area contributed by atoms with E-state index < -0.39 is 29.7 Å². The van der Waals surface area contributed by atoms with Crippen LogP contribution in [0.25, 0.3) is 11.1 Å². The summed E-state index contributed by atoms with van der Waals surface area (Å²) >= 11 is 0. The summed E-state index contributed by atoms with van der Waals surface area (Å²) in [4.78, 5) is 44.7. The fourth-order valence-electron chi connectivity index (χ4n) is 6.43. The highest BCUT2D eigenvalue weighted by atomic mass is 19.1. The van der Waals surface area contributed by atoms with Gasteiger partial charge in [-0.2, -0.15) is 0 Å². The van der Waals surface area contributed by atoms with E-state index >= 15 is 0 Å². The number of nitrogens with zero attached hydrogens (tertiary/aromatic N) is 3. The number of ether oxygens (including phenoxy) is 1. The molecule has 3 aliphatic heterocycles. The second-order valence-electron chi connectivity index (χ2n) is 10.3. The summed E-state index contributed by atoms with van der Waals surface area (Å²) in [5, 5.41) is 10.5. The van der Waals surface area contributed by atoms with Crippen molar-refractivity contribution >= 4 is 11.8 Å². The van der Waals surface area contributed by atoms with Crippen LogP contribution in [0.2, 0.25) is 0 Å². The Morgan fingerprint density at radius 2 is 1.78 bits per heavy atom. The number of morpholine rings is 1. The van der Waals surface area contributed by atoms with Crippen molar-refractivity contribution in [2.24, 2.45) is 17.8 Å². The maximum atomic E-state index is 14.6. The molecule has 0 unspecified atom stereocenters. The van der Waals surface area contributed by atoms with Crippen molar-refractivity contribution in [1.29, 1.82) is 0 Å². The number of carbonyl (C=O) groups is 2. The molecule has 190 valence electrons. The van der Waals surface area contributed by atoms with Crippen LogP contribution in [0.5, 0.6) is 0 Å². The van der Waals surface area contributed by atoms with Crippen LogP contribution in [0.4, 0.5) is 4.39 Å². The van der Waals surface area contributed by atoms with Gasteiger partial charge in [0.1, 0.15) is 5.82 Å². The van der Waals surface area contributed by atoms with Crippen molar-refractivity contribution < 1.29 is 23.8 Å². The third-order valence-electron chi connectivity index (χ3n) is 8.52. The second kappa shape index (κ2) is 9.12. The Labute approximate surface area is 208 Å². The van der Waals surface area contributed by atoms with Gasteiger partial charge in [-0.1, -0.05) is 24.6 Å². The zero-order valence-electron chi connectivity index (χ0n) is 20.0.